The number of hydrogen-bond acceptors (Lipinski definition) is 5. The van der Waals surface area contributed by atoms with E-state index in [4.69, 9.17) is 0 Å². The highest BCUT2D eigenvalue weighted by molar-refractivity contribution is 7.89. The van der Waals surface area contributed by atoms with Gasteiger partial charge >= 0.3 is 0 Å². The number of hydrogen-bond donors (Lipinski definition) is 0. The van der Waals surface area contributed by atoms with Crippen LogP contribution in [0, 0.1) is 0 Å². The van der Waals surface area contributed by atoms with Crippen LogP contribution >= 0.6 is 0 Å². The number of amides is 2. The summed E-state index contributed by atoms with van der Waals surface area (Å²) in [7, 11) is -3.41. The molecule has 3 heterocycles. The van der Waals surface area contributed by atoms with Crippen LogP contribution < -0.4 is 0 Å². The van der Waals surface area contributed by atoms with Crippen LogP contribution in [0.2, 0.25) is 0 Å². The minimum absolute atomic E-state index is 0.000570. The molecule has 0 radical (unpaired) electrons. The topological polar surface area (TPSA) is 90.9 Å². The molecule has 160 valence electrons. The number of piperidine rings is 1. The van der Waals surface area contributed by atoms with Crippen molar-refractivity contribution in [2.45, 2.75) is 45.1 Å². The molecule has 8 nitrogen and oxygen atoms in total. The maximum atomic E-state index is 13.1. The van der Waals surface area contributed by atoms with E-state index in [-0.39, 0.29) is 24.0 Å². The summed E-state index contributed by atoms with van der Waals surface area (Å²) in [5.74, 6) is -0.0473. The van der Waals surface area contributed by atoms with Crippen LogP contribution in [0.4, 0.5) is 0 Å². The Labute approximate surface area is 172 Å². The molecule has 2 saturated heterocycles. The number of sulfonamides is 1. The Hall–Kier alpha value is -2.00. The van der Waals surface area contributed by atoms with Gasteiger partial charge in [-0.2, -0.15) is 4.31 Å². The van der Waals surface area contributed by atoms with Crippen LogP contribution in [0.15, 0.2) is 24.4 Å². The standard InChI is InChI=1S/C20H30N4O4S/c1-2-15-29(27,28)24-10-6-4-8-18(24)20(26)23-13-11-22(12-14-23)19(25)16-17-7-3-5-9-21-17/h3,5,7,9,18H,2,4,6,8,10-16H2,1H3. The lowest BCUT2D eigenvalue weighted by Gasteiger charge is -2.40. The summed E-state index contributed by atoms with van der Waals surface area (Å²) in [5.41, 5.74) is 0.731. The summed E-state index contributed by atoms with van der Waals surface area (Å²) in [6, 6.07) is 4.89. The van der Waals surface area contributed by atoms with Crippen molar-refractivity contribution in [3.05, 3.63) is 30.1 Å². The molecule has 2 fully saturated rings. The van der Waals surface area contributed by atoms with Crippen molar-refractivity contribution in [2.75, 3.05) is 38.5 Å². The van der Waals surface area contributed by atoms with E-state index in [9.17, 15) is 18.0 Å². The highest BCUT2D eigenvalue weighted by atomic mass is 32.2. The van der Waals surface area contributed by atoms with Crippen molar-refractivity contribution in [1.82, 2.24) is 19.1 Å². The van der Waals surface area contributed by atoms with Crippen molar-refractivity contribution in [1.29, 1.82) is 0 Å². The molecular weight excluding hydrogens is 392 g/mol. The smallest absolute Gasteiger partial charge is 0.241 e. The van der Waals surface area contributed by atoms with Gasteiger partial charge in [0.1, 0.15) is 6.04 Å². The Morgan fingerprint density at radius 2 is 1.79 bits per heavy atom. The van der Waals surface area contributed by atoms with Crippen LogP contribution in [-0.4, -0.2) is 83.8 Å². The second-order valence-corrected chi connectivity index (χ2v) is 9.68. The molecule has 0 N–H and O–H groups in total. The van der Waals surface area contributed by atoms with E-state index in [0.717, 1.165) is 18.5 Å². The lowest BCUT2D eigenvalue weighted by Crippen LogP contribution is -2.58. The van der Waals surface area contributed by atoms with E-state index in [1.807, 2.05) is 25.1 Å². The number of piperazine rings is 1. The molecule has 2 aliphatic heterocycles. The molecular formula is C20H30N4O4S. The molecule has 1 unspecified atom stereocenters. The number of carbonyl (C=O) groups is 2. The van der Waals surface area contributed by atoms with Crippen molar-refractivity contribution < 1.29 is 18.0 Å². The maximum absolute atomic E-state index is 13.1. The van der Waals surface area contributed by atoms with Crippen LogP contribution in [0.3, 0.4) is 0 Å². The summed E-state index contributed by atoms with van der Waals surface area (Å²) in [6.45, 7) is 4.05. The molecule has 1 aromatic heterocycles. The van der Waals surface area contributed by atoms with Crippen molar-refractivity contribution in [3.8, 4) is 0 Å². The molecule has 9 heteroatoms. The van der Waals surface area contributed by atoms with Gasteiger partial charge in [0.2, 0.25) is 21.8 Å². The number of nitrogens with zero attached hydrogens (tertiary/aromatic N) is 4. The summed E-state index contributed by atoms with van der Waals surface area (Å²) < 4.78 is 26.6. The van der Waals surface area contributed by atoms with Gasteiger partial charge in [-0.3, -0.25) is 14.6 Å². The van der Waals surface area contributed by atoms with Gasteiger partial charge < -0.3 is 9.80 Å². The van der Waals surface area contributed by atoms with E-state index in [0.29, 0.717) is 45.6 Å². The summed E-state index contributed by atoms with van der Waals surface area (Å²) in [4.78, 5) is 33.2. The zero-order chi connectivity index (χ0) is 20.9. The molecule has 29 heavy (non-hydrogen) atoms. The molecule has 2 aliphatic rings. The zero-order valence-electron chi connectivity index (χ0n) is 17.0. The first-order valence-corrected chi connectivity index (χ1v) is 12.0. The molecule has 0 bridgehead atoms. The average Bonchev–Trinajstić information content (AvgIpc) is 2.74. The fourth-order valence-electron chi connectivity index (χ4n) is 4.02. The van der Waals surface area contributed by atoms with Crippen LogP contribution in [-0.2, 0) is 26.0 Å². The normalized spacial score (nSPS) is 21.2. The van der Waals surface area contributed by atoms with Crippen LogP contribution in [0.5, 0.6) is 0 Å². The zero-order valence-corrected chi connectivity index (χ0v) is 17.8. The quantitative estimate of drug-likeness (QED) is 0.679. The van der Waals surface area contributed by atoms with E-state index in [1.54, 1.807) is 16.0 Å². The molecule has 2 amide bonds. The summed E-state index contributed by atoms with van der Waals surface area (Å²) >= 11 is 0. The third kappa shape index (κ3) is 5.33. The average molecular weight is 423 g/mol. The van der Waals surface area contributed by atoms with Gasteiger partial charge in [0.05, 0.1) is 12.2 Å². The fraction of sp³-hybridized carbons (Fsp3) is 0.650. The third-order valence-corrected chi connectivity index (χ3v) is 7.64. The SMILES string of the molecule is CCCS(=O)(=O)N1CCCCC1C(=O)N1CCN(C(=O)Cc2ccccn2)CC1. The highest BCUT2D eigenvalue weighted by Crippen LogP contribution is 2.23. The van der Waals surface area contributed by atoms with Gasteiger partial charge in [-0.15, -0.1) is 0 Å². The minimum atomic E-state index is -3.41. The third-order valence-electron chi connectivity index (χ3n) is 5.56. The molecule has 1 atom stereocenters. The minimum Gasteiger partial charge on any atom is -0.339 e. The van der Waals surface area contributed by atoms with Crippen molar-refractivity contribution in [3.63, 3.8) is 0 Å². The summed E-state index contributed by atoms with van der Waals surface area (Å²) in [5, 5.41) is 0. The largest absolute Gasteiger partial charge is 0.339 e. The van der Waals surface area contributed by atoms with E-state index in [1.165, 1.54) is 4.31 Å². The second kappa shape index (κ2) is 9.67. The van der Waals surface area contributed by atoms with E-state index < -0.39 is 16.1 Å². The molecule has 1 aromatic rings. The molecule has 0 saturated carbocycles. The van der Waals surface area contributed by atoms with Crippen molar-refractivity contribution >= 4 is 21.8 Å². The second-order valence-electron chi connectivity index (χ2n) is 7.64. The highest BCUT2D eigenvalue weighted by Gasteiger charge is 2.39. The molecule has 0 spiro atoms. The van der Waals surface area contributed by atoms with E-state index >= 15 is 0 Å². The Balaban J connectivity index is 1.58. The summed E-state index contributed by atoms with van der Waals surface area (Å²) in [6.07, 6.45) is 4.68. The molecule has 3 rings (SSSR count). The predicted octanol–water partition coefficient (Wildman–Crippen LogP) is 0.889. The number of carbonyl (C=O) groups excluding carboxylic acids is 2. The van der Waals surface area contributed by atoms with Gasteiger partial charge in [0, 0.05) is 44.6 Å². The Kier molecular flexibility index (Phi) is 7.23. The maximum Gasteiger partial charge on any atom is 0.241 e. The van der Waals surface area contributed by atoms with Crippen LogP contribution in [0.1, 0.15) is 38.3 Å². The van der Waals surface area contributed by atoms with Gasteiger partial charge in [-0.1, -0.05) is 19.4 Å². The Morgan fingerprint density at radius 3 is 2.45 bits per heavy atom. The fourth-order valence-corrected chi connectivity index (χ4v) is 5.76. The molecule has 0 aliphatic carbocycles. The van der Waals surface area contributed by atoms with Gasteiger partial charge in [-0.25, -0.2) is 8.42 Å². The molecule has 0 aromatic carbocycles. The van der Waals surface area contributed by atoms with Gasteiger partial charge in [-0.05, 0) is 31.4 Å². The number of rotatable bonds is 6. The van der Waals surface area contributed by atoms with Crippen molar-refractivity contribution in [2.24, 2.45) is 0 Å². The Bertz CT molecular complexity index is 807. The first kappa shape index (κ1) is 21.7. The van der Waals surface area contributed by atoms with Crippen LogP contribution in [0.25, 0.3) is 0 Å². The van der Waals surface area contributed by atoms with Gasteiger partial charge in [0.15, 0.2) is 0 Å². The van der Waals surface area contributed by atoms with E-state index in [2.05, 4.69) is 4.98 Å². The first-order chi connectivity index (χ1) is 13.9. The predicted molar refractivity (Wildman–Crippen MR) is 110 cm³/mol. The Morgan fingerprint density at radius 1 is 1.07 bits per heavy atom. The first-order valence-electron chi connectivity index (χ1n) is 10.4. The lowest BCUT2D eigenvalue weighted by molar-refractivity contribution is -0.142. The lowest BCUT2D eigenvalue weighted by atomic mass is 10.0. The number of aromatic nitrogens is 1. The monoisotopic (exact) mass is 422 g/mol. The number of pyridine rings is 1. The van der Waals surface area contributed by atoms with Gasteiger partial charge in [0.25, 0.3) is 0 Å².